The molecule has 0 aliphatic rings. The van der Waals surface area contributed by atoms with Gasteiger partial charge in [0.15, 0.2) is 6.29 Å². The Bertz CT molecular complexity index is 68.5. The minimum Gasteiger partial charge on any atom is -0.364 e. The lowest BCUT2D eigenvalue weighted by atomic mass is 10.3. The van der Waals surface area contributed by atoms with Crippen molar-refractivity contribution in [1.82, 2.24) is 0 Å². The van der Waals surface area contributed by atoms with Crippen molar-refractivity contribution in [2.45, 2.75) is 13.2 Å². The summed E-state index contributed by atoms with van der Waals surface area (Å²) < 4.78 is 4.47. The van der Waals surface area contributed by atoms with Crippen LogP contribution < -0.4 is 0 Å². The first-order chi connectivity index (χ1) is 3.18. The van der Waals surface area contributed by atoms with Crippen molar-refractivity contribution in [3.63, 3.8) is 0 Å². The molecule has 0 saturated heterocycles. The van der Waals surface area contributed by atoms with Crippen LogP contribution in [0.1, 0.15) is 6.92 Å². The highest BCUT2D eigenvalue weighted by Crippen LogP contribution is 1.94. The van der Waals surface area contributed by atoms with Gasteiger partial charge < -0.3 is 9.84 Å². The van der Waals surface area contributed by atoms with E-state index >= 15 is 0 Å². The molecule has 0 spiro atoms. The fourth-order valence-electron chi connectivity index (χ4n) is 0.201. The van der Waals surface area contributed by atoms with Gasteiger partial charge >= 0.3 is 0 Å². The van der Waals surface area contributed by atoms with Crippen LogP contribution in [0.25, 0.3) is 0 Å². The monoisotopic (exact) mass is 102 g/mol. The predicted molar refractivity (Wildman–Crippen MR) is 27.8 cm³/mol. The molecule has 0 aromatic rings. The van der Waals surface area contributed by atoms with Crippen molar-refractivity contribution >= 4 is 0 Å². The molecule has 0 fully saturated rings. The number of aliphatic hydroxyl groups is 1. The standard InChI is InChI=1S/C5H10O2/c1-4(2)5(6)7-3/h5-6H,1H2,2-3H3/t5-/m0/s1. The molecule has 0 rings (SSSR count). The molecular weight excluding hydrogens is 92.1 g/mol. The lowest BCUT2D eigenvalue weighted by Gasteiger charge is -2.04. The fraction of sp³-hybridized carbons (Fsp3) is 0.600. The summed E-state index contributed by atoms with van der Waals surface area (Å²) in [5.74, 6) is 0. The molecular formula is C5H10O2. The molecule has 1 N–H and O–H groups in total. The van der Waals surface area contributed by atoms with Gasteiger partial charge in [-0.3, -0.25) is 0 Å². The van der Waals surface area contributed by atoms with Crippen molar-refractivity contribution in [3.05, 3.63) is 12.2 Å². The molecule has 2 nitrogen and oxygen atoms in total. The Hall–Kier alpha value is -0.340. The van der Waals surface area contributed by atoms with Crippen LogP contribution in [0.4, 0.5) is 0 Å². The van der Waals surface area contributed by atoms with E-state index in [1.807, 2.05) is 0 Å². The lowest BCUT2D eigenvalue weighted by Crippen LogP contribution is -2.08. The SMILES string of the molecule is C=C(C)[C@@H](O)OC. The van der Waals surface area contributed by atoms with Gasteiger partial charge in [0, 0.05) is 7.11 Å². The molecule has 7 heavy (non-hydrogen) atoms. The Morgan fingerprint density at radius 2 is 2.29 bits per heavy atom. The van der Waals surface area contributed by atoms with E-state index in [9.17, 15) is 0 Å². The zero-order valence-corrected chi connectivity index (χ0v) is 4.64. The maximum atomic E-state index is 8.61. The molecule has 0 bridgehead atoms. The number of ether oxygens (including phenoxy) is 1. The average molecular weight is 102 g/mol. The van der Waals surface area contributed by atoms with Crippen LogP contribution in [-0.2, 0) is 4.74 Å². The Labute approximate surface area is 43.4 Å². The Kier molecular flexibility index (Phi) is 2.64. The second kappa shape index (κ2) is 2.77. The van der Waals surface area contributed by atoms with Crippen molar-refractivity contribution in [1.29, 1.82) is 0 Å². The molecule has 0 amide bonds. The topological polar surface area (TPSA) is 29.5 Å². The molecule has 0 unspecified atom stereocenters. The molecule has 2 heteroatoms. The summed E-state index contributed by atoms with van der Waals surface area (Å²) in [5, 5.41) is 8.61. The molecule has 0 aromatic heterocycles. The second-order valence-corrected chi connectivity index (χ2v) is 1.43. The van der Waals surface area contributed by atoms with Crippen LogP contribution in [0.5, 0.6) is 0 Å². The molecule has 0 aliphatic heterocycles. The van der Waals surface area contributed by atoms with E-state index in [0.717, 1.165) is 0 Å². The first-order valence-electron chi connectivity index (χ1n) is 2.04. The quantitative estimate of drug-likeness (QED) is 0.407. The number of hydrogen-bond acceptors (Lipinski definition) is 2. The third-order valence-electron chi connectivity index (χ3n) is 0.645. The van der Waals surface area contributed by atoms with E-state index in [2.05, 4.69) is 11.3 Å². The summed E-state index contributed by atoms with van der Waals surface area (Å²) >= 11 is 0. The van der Waals surface area contributed by atoms with E-state index in [1.54, 1.807) is 6.92 Å². The van der Waals surface area contributed by atoms with Gasteiger partial charge in [-0.05, 0) is 12.5 Å². The highest BCUT2D eigenvalue weighted by molar-refractivity contribution is 4.91. The average Bonchev–Trinajstić information content (AvgIpc) is 1.65. The molecule has 0 saturated carbocycles. The molecule has 42 valence electrons. The normalized spacial score (nSPS) is 13.6. The highest BCUT2D eigenvalue weighted by atomic mass is 16.6. The third kappa shape index (κ3) is 2.37. The van der Waals surface area contributed by atoms with Crippen LogP contribution in [0.15, 0.2) is 12.2 Å². The number of methoxy groups -OCH3 is 1. The van der Waals surface area contributed by atoms with Crippen molar-refractivity contribution in [3.8, 4) is 0 Å². The van der Waals surface area contributed by atoms with Gasteiger partial charge in [0.2, 0.25) is 0 Å². The summed E-state index contributed by atoms with van der Waals surface area (Å²) in [6, 6.07) is 0. The fourth-order valence-corrected chi connectivity index (χ4v) is 0.201. The molecule has 0 aliphatic carbocycles. The van der Waals surface area contributed by atoms with Crippen molar-refractivity contribution in [2.75, 3.05) is 7.11 Å². The van der Waals surface area contributed by atoms with Crippen LogP contribution in [0.3, 0.4) is 0 Å². The summed E-state index contributed by atoms with van der Waals surface area (Å²) in [5.41, 5.74) is 0.627. The lowest BCUT2D eigenvalue weighted by molar-refractivity contribution is -0.0441. The zero-order chi connectivity index (χ0) is 5.86. The van der Waals surface area contributed by atoms with Crippen LogP contribution in [0.2, 0.25) is 0 Å². The smallest absolute Gasteiger partial charge is 0.176 e. The minimum atomic E-state index is -0.792. The first-order valence-corrected chi connectivity index (χ1v) is 2.04. The third-order valence-corrected chi connectivity index (χ3v) is 0.645. The second-order valence-electron chi connectivity index (χ2n) is 1.43. The summed E-state index contributed by atoms with van der Waals surface area (Å²) in [6.07, 6.45) is -0.792. The van der Waals surface area contributed by atoms with Crippen molar-refractivity contribution in [2.24, 2.45) is 0 Å². The maximum Gasteiger partial charge on any atom is 0.176 e. The molecule has 0 radical (unpaired) electrons. The van der Waals surface area contributed by atoms with Gasteiger partial charge in [-0.1, -0.05) is 6.58 Å². The zero-order valence-electron chi connectivity index (χ0n) is 4.64. The van der Waals surface area contributed by atoms with Gasteiger partial charge in [-0.25, -0.2) is 0 Å². The van der Waals surface area contributed by atoms with Gasteiger partial charge in [0.1, 0.15) is 0 Å². The summed E-state index contributed by atoms with van der Waals surface area (Å²) in [4.78, 5) is 0. The summed E-state index contributed by atoms with van der Waals surface area (Å²) in [7, 11) is 1.43. The van der Waals surface area contributed by atoms with Gasteiger partial charge in [0.25, 0.3) is 0 Å². The number of hydrogen-bond donors (Lipinski definition) is 1. The van der Waals surface area contributed by atoms with Gasteiger partial charge in [-0.2, -0.15) is 0 Å². The largest absolute Gasteiger partial charge is 0.364 e. The summed E-state index contributed by atoms with van der Waals surface area (Å²) in [6.45, 7) is 5.15. The Morgan fingerprint density at radius 1 is 1.86 bits per heavy atom. The molecule has 0 heterocycles. The van der Waals surface area contributed by atoms with E-state index in [4.69, 9.17) is 5.11 Å². The maximum absolute atomic E-state index is 8.61. The minimum absolute atomic E-state index is 0.627. The van der Waals surface area contributed by atoms with Crippen LogP contribution in [-0.4, -0.2) is 18.5 Å². The number of aliphatic hydroxyl groups excluding tert-OH is 1. The van der Waals surface area contributed by atoms with E-state index in [-0.39, 0.29) is 0 Å². The van der Waals surface area contributed by atoms with Gasteiger partial charge in [-0.15, -0.1) is 0 Å². The molecule has 0 aromatic carbocycles. The Morgan fingerprint density at radius 3 is 2.29 bits per heavy atom. The highest BCUT2D eigenvalue weighted by Gasteiger charge is 1.97. The molecule has 1 atom stereocenters. The van der Waals surface area contributed by atoms with E-state index < -0.39 is 6.29 Å². The van der Waals surface area contributed by atoms with E-state index in [1.165, 1.54) is 7.11 Å². The Balaban J connectivity index is 3.34. The van der Waals surface area contributed by atoms with E-state index in [0.29, 0.717) is 5.57 Å². The van der Waals surface area contributed by atoms with Crippen LogP contribution >= 0.6 is 0 Å². The van der Waals surface area contributed by atoms with Gasteiger partial charge in [0.05, 0.1) is 0 Å². The predicted octanol–water partition coefficient (Wildman–Crippen LogP) is 0.527. The number of rotatable bonds is 2. The van der Waals surface area contributed by atoms with Crippen LogP contribution in [0, 0.1) is 0 Å². The van der Waals surface area contributed by atoms with Crippen molar-refractivity contribution < 1.29 is 9.84 Å². The first kappa shape index (κ1) is 6.66.